The third-order valence-corrected chi connectivity index (χ3v) is 11.7. The Labute approximate surface area is 333 Å². The number of fused-ring (bicyclic) bond motifs is 8. The fourth-order valence-corrected chi connectivity index (χ4v) is 8.96. The fraction of sp³-hybridized carbons (Fsp3) is 0.0377. The van der Waals surface area contributed by atoms with Crippen LogP contribution in [0.25, 0.3) is 106 Å². The molecule has 0 amide bonds. The quantitative estimate of drug-likeness (QED) is 0.176. The molecule has 0 N–H and O–H groups in total. The molecule has 8 aromatic carbocycles. The Balaban J connectivity index is 1.05. The van der Waals surface area contributed by atoms with Crippen molar-refractivity contribution in [2.75, 3.05) is 0 Å². The van der Waals surface area contributed by atoms with Crippen LogP contribution in [0.15, 0.2) is 185 Å². The van der Waals surface area contributed by atoms with E-state index >= 15 is 0 Å². The number of hydrogen-bond acceptors (Lipinski definition) is 5. The van der Waals surface area contributed by atoms with Crippen LogP contribution in [-0.2, 0) is 0 Å². The van der Waals surface area contributed by atoms with Gasteiger partial charge in [-0.1, -0.05) is 140 Å². The Kier molecular flexibility index (Phi) is 7.29. The van der Waals surface area contributed by atoms with E-state index in [1.807, 2.05) is 30.3 Å². The standard InChI is InChI=1S/C53H33N3O2/c1-2-12-33(13-3-1)37-28-29-41(40-15-5-4-14-39(37)40)52-54-51(55-53(56-52)44-19-11-23-48-50(44)43-17-7-9-21-46(43)58-48)35-27-25-32-24-26-34(30-36(32)31-35)38-18-10-22-47-49(38)42-16-6-8-20-45(42)57-47/h1-18,20-31,44H,19H2. The maximum absolute atomic E-state index is 6.36. The van der Waals surface area contributed by atoms with Gasteiger partial charge in [0.1, 0.15) is 28.3 Å². The van der Waals surface area contributed by atoms with E-state index in [1.165, 1.54) is 11.1 Å². The van der Waals surface area contributed by atoms with Crippen LogP contribution in [0.2, 0.25) is 0 Å². The lowest BCUT2D eigenvalue weighted by Gasteiger charge is -2.19. The van der Waals surface area contributed by atoms with Gasteiger partial charge in [-0.2, -0.15) is 0 Å². The van der Waals surface area contributed by atoms with Crippen molar-refractivity contribution in [1.29, 1.82) is 0 Å². The minimum atomic E-state index is -0.115. The van der Waals surface area contributed by atoms with Gasteiger partial charge >= 0.3 is 0 Å². The zero-order valence-electron chi connectivity index (χ0n) is 31.3. The Hall–Kier alpha value is -7.63. The molecule has 0 spiro atoms. The van der Waals surface area contributed by atoms with Gasteiger partial charge in [-0.05, 0) is 92.7 Å². The number of nitrogens with zero attached hydrogens (tertiary/aromatic N) is 3. The summed E-state index contributed by atoms with van der Waals surface area (Å²) in [6.45, 7) is 0. The first kappa shape index (κ1) is 32.6. The lowest BCUT2D eigenvalue weighted by atomic mass is 9.88. The van der Waals surface area contributed by atoms with Gasteiger partial charge in [0.05, 0.1) is 5.92 Å². The molecule has 11 aromatic rings. The van der Waals surface area contributed by atoms with Crippen molar-refractivity contribution in [2.45, 2.75) is 12.3 Å². The molecule has 1 aliphatic carbocycles. The molecule has 0 saturated carbocycles. The molecule has 1 unspecified atom stereocenters. The first-order valence-corrected chi connectivity index (χ1v) is 19.7. The molecule has 12 rings (SSSR count). The van der Waals surface area contributed by atoms with Crippen LogP contribution in [-0.4, -0.2) is 15.0 Å². The second kappa shape index (κ2) is 13.0. The summed E-state index contributed by atoms with van der Waals surface area (Å²) in [5, 5.41) is 7.81. The lowest BCUT2D eigenvalue weighted by molar-refractivity contribution is 0.586. The average molecular weight is 744 g/mol. The van der Waals surface area contributed by atoms with Gasteiger partial charge in [0, 0.05) is 32.8 Å². The van der Waals surface area contributed by atoms with Gasteiger partial charge in [0.15, 0.2) is 11.6 Å². The van der Waals surface area contributed by atoms with E-state index in [9.17, 15) is 0 Å². The minimum Gasteiger partial charge on any atom is -0.456 e. The summed E-state index contributed by atoms with van der Waals surface area (Å²) in [5.41, 5.74) is 10.3. The van der Waals surface area contributed by atoms with E-state index in [-0.39, 0.29) is 5.92 Å². The van der Waals surface area contributed by atoms with Crippen molar-refractivity contribution in [3.8, 4) is 45.0 Å². The lowest BCUT2D eigenvalue weighted by Crippen LogP contribution is -2.11. The molecule has 0 radical (unpaired) electrons. The highest BCUT2D eigenvalue weighted by atomic mass is 16.3. The van der Waals surface area contributed by atoms with E-state index in [2.05, 4.69) is 152 Å². The molecule has 5 nitrogen and oxygen atoms in total. The van der Waals surface area contributed by atoms with Crippen molar-refractivity contribution in [3.63, 3.8) is 0 Å². The highest BCUT2D eigenvalue weighted by molar-refractivity contribution is 6.13. The summed E-state index contributed by atoms with van der Waals surface area (Å²) in [6, 6.07) is 59.4. The summed E-state index contributed by atoms with van der Waals surface area (Å²) >= 11 is 0. The number of benzene rings is 8. The van der Waals surface area contributed by atoms with Gasteiger partial charge < -0.3 is 8.83 Å². The van der Waals surface area contributed by atoms with Gasteiger partial charge in [0.2, 0.25) is 0 Å². The highest BCUT2D eigenvalue weighted by Crippen LogP contribution is 2.43. The maximum Gasteiger partial charge on any atom is 0.164 e. The number of aromatic nitrogens is 3. The van der Waals surface area contributed by atoms with E-state index < -0.39 is 0 Å². The number of para-hydroxylation sites is 2. The van der Waals surface area contributed by atoms with Gasteiger partial charge in [0.25, 0.3) is 0 Å². The third kappa shape index (κ3) is 5.21. The van der Waals surface area contributed by atoms with Crippen molar-refractivity contribution in [3.05, 3.63) is 193 Å². The van der Waals surface area contributed by atoms with Crippen LogP contribution in [0.4, 0.5) is 0 Å². The number of rotatable bonds is 5. The molecule has 0 bridgehead atoms. The van der Waals surface area contributed by atoms with E-state index in [0.29, 0.717) is 11.6 Å². The Bertz CT molecular complexity index is 3450. The molecule has 58 heavy (non-hydrogen) atoms. The van der Waals surface area contributed by atoms with Gasteiger partial charge in [-0.15, -0.1) is 0 Å². The van der Waals surface area contributed by atoms with Crippen molar-refractivity contribution >= 4 is 60.5 Å². The first-order chi connectivity index (χ1) is 28.7. The van der Waals surface area contributed by atoms with Crippen LogP contribution >= 0.6 is 0 Å². The Morgan fingerprint density at radius 2 is 1.09 bits per heavy atom. The fourth-order valence-electron chi connectivity index (χ4n) is 8.96. The molecule has 0 fully saturated rings. The molecule has 3 aromatic heterocycles. The molecule has 0 saturated heterocycles. The van der Waals surface area contributed by atoms with Crippen LogP contribution in [0.1, 0.15) is 29.5 Å². The second-order valence-electron chi connectivity index (χ2n) is 15.0. The first-order valence-electron chi connectivity index (χ1n) is 19.7. The topological polar surface area (TPSA) is 65.0 Å². The summed E-state index contributed by atoms with van der Waals surface area (Å²) in [5.74, 6) is 2.75. The van der Waals surface area contributed by atoms with Gasteiger partial charge in [-0.25, -0.2) is 15.0 Å². The third-order valence-electron chi connectivity index (χ3n) is 11.7. The zero-order chi connectivity index (χ0) is 38.2. The summed E-state index contributed by atoms with van der Waals surface area (Å²) in [4.78, 5) is 16.0. The zero-order valence-corrected chi connectivity index (χ0v) is 31.3. The van der Waals surface area contributed by atoms with Crippen LogP contribution < -0.4 is 0 Å². The van der Waals surface area contributed by atoms with Crippen molar-refractivity contribution < 1.29 is 8.83 Å². The normalized spacial score (nSPS) is 13.9. The van der Waals surface area contributed by atoms with E-state index in [1.54, 1.807) is 0 Å². The molecule has 272 valence electrons. The maximum atomic E-state index is 6.36. The molecule has 5 heteroatoms. The average Bonchev–Trinajstić information content (AvgIpc) is 3.87. The Morgan fingerprint density at radius 3 is 1.93 bits per heavy atom. The van der Waals surface area contributed by atoms with Crippen LogP contribution in [0, 0.1) is 0 Å². The van der Waals surface area contributed by atoms with Crippen LogP contribution in [0.5, 0.6) is 0 Å². The largest absolute Gasteiger partial charge is 0.456 e. The predicted octanol–water partition coefficient (Wildman–Crippen LogP) is 14.0. The molecule has 3 heterocycles. The highest BCUT2D eigenvalue weighted by Gasteiger charge is 2.29. The number of hydrogen-bond donors (Lipinski definition) is 0. The molecular weight excluding hydrogens is 711 g/mol. The minimum absolute atomic E-state index is 0.115. The van der Waals surface area contributed by atoms with E-state index in [4.69, 9.17) is 23.8 Å². The van der Waals surface area contributed by atoms with Crippen molar-refractivity contribution in [2.24, 2.45) is 0 Å². The van der Waals surface area contributed by atoms with Crippen LogP contribution in [0.3, 0.4) is 0 Å². The second-order valence-corrected chi connectivity index (χ2v) is 15.0. The Morgan fingerprint density at radius 1 is 0.431 bits per heavy atom. The summed E-state index contributed by atoms with van der Waals surface area (Å²) < 4.78 is 12.6. The van der Waals surface area contributed by atoms with E-state index in [0.717, 1.165) is 100 Å². The monoisotopic (exact) mass is 743 g/mol. The summed E-state index contributed by atoms with van der Waals surface area (Å²) in [6.07, 6.45) is 5.00. The predicted molar refractivity (Wildman–Crippen MR) is 236 cm³/mol. The molecule has 1 atom stereocenters. The summed E-state index contributed by atoms with van der Waals surface area (Å²) in [7, 11) is 0. The number of allylic oxidation sites excluding steroid dienone is 1. The van der Waals surface area contributed by atoms with Gasteiger partial charge in [-0.3, -0.25) is 0 Å². The SMILES string of the molecule is C1=Cc2oc3ccccc3c2C(c2nc(-c3ccc4ccc(-c5cccc6oc7ccccc7c56)cc4c3)nc(-c3ccc(-c4ccccc4)c4ccccc34)n2)C1. The van der Waals surface area contributed by atoms with Crippen molar-refractivity contribution in [1.82, 2.24) is 15.0 Å². The molecule has 0 aliphatic heterocycles. The smallest absolute Gasteiger partial charge is 0.164 e. The number of furan rings is 2. The molecule has 1 aliphatic rings. The molecular formula is C53H33N3O2.